The van der Waals surface area contributed by atoms with E-state index in [9.17, 15) is 19.5 Å². The molecule has 156 valence electrons. The van der Waals surface area contributed by atoms with Gasteiger partial charge in [0.05, 0.1) is 17.3 Å². The molecule has 0 atom stereocenters. The van der Waals surface area contributed by atoms with Crippen molar-refractivity contribution >= 4 is 28.9 Å². The highest BCUT2D eigenvalue weighted by atomic mass is 16.6. The van der Waals surface area contributed by atoms with E-state index in [1.807, 2.05) is 0 Å². The molecule has 3 aromatic rings. The number of hydrogen-bond donors (Lipinski definition) is 2. The zero-order valence-corrected chi connectivity index (χ0v) is 17.1. The molecule has 3 aromatic heterocycles. The van der Waals surface area contributed by atoms with Crippen LogP contribution in [0.3, 0.4) is 0 Å². The van der Waals surface area contributed by atoms with Crippen molar-refractivity contribution in [1.29, 1.82) is 0 Å². The second kappa shape index (κ2) is 7.94. The van der Waals surface area contributed by atoms with Crippen LogP contribution < -0.4 is 5.32 Å². The van der Waals surface area contributed by atoms with Gasteiger partial charge in [0.25, 0.3) is 5.91 Å². The lowest BCUT2D eigenvalue weighted by molar-refractivity contribution is 0.00691. The molecule has 0 aliphatic carbocycles. The molecule has 0 spiro atoms. The van der Waals surface area contributed by atoms with E-state index in [0.29, 0.717) is 22.2 Å². The SMILES string of the molecule is CNC(=O)c1cc(C(=O)OC(C)(C)C)cc(Cc2cncc3c2ccn3C(=O)O)n1. The molecule has 1 amide bonds. The first-order valence-electron chi connectivity index (χ1n) is 9.22. The molecular weight excluding hydrogens is 388 g/mol. The van der Waals surface area contributed by atoms with Crippen molar-refractivity contribution in [3.8, 4) is 0 Å². The molecule has 0 saturated heterocycles. The Kier molecular flexibility index (Phi) is 5.55. The van der Waals surface area contributed by atoms with Gasteiger partial charge in [-0.2, -0.15) is 0 Å². The molecule has 0 bridgehead atoms. The van der Waals surface area contributed by atoms with Gasteiger partial charge < -0.3 is 15.2 Å². The third-order valence-electron chi connectivity index (χ3n) is 4.25. The monoisotopic (exact) mass is 410 g/mol. The van der Waals surface area contributed by atoms with E-state index >= 15 is 0 Å². The van der Waals surface area contributed by atoms with Crippen LogP contribution in [0.4, 0.5) is 4.79 Å². The van der Waals surface area contributed by atoms with Gasteiger partial charge in [0.1, 0.15) is 11.3 Å². The Morgan fingerprint density at radius 3 is 2.57 bits per heavy atom. The van der Waals surface area contributed by atoms with E-state index in [4.69, 9.17) is 4.74 Å². The van der Waals surface area contributed by atoms with Crippen molar-refractivity contribution in [1.82, 2.24) is 19.9 Å². The van der Waals surface area contributed by atoms with Gasteiger partial charge in [0, 0.05) is 36.9 Å². The molecule has 3 heterocycles. The fourth-order valence-corrected chi connectivity index (χ4v) is 3.00. The van der Waals surface area contributed by atoms with Crippen LogP contribution in [0, 0.1) is 0 Å². The standard InChI is InChI=1S/C21H22N4O5/c1-21(2,3)30-19(27)12-7-14(24-16(9-12)18(26)22-4)8-13-10-23-11-17-15(13)5-6-25(17)20(28)29/h5-7,9-11H,8H2,1-4H3,(H,22,26)(H,28,29). The highest BCUT2D eigenvalue weighted by Gasteiger charge is 2.21. The molecule has 0 aliphatic rings. The minimum Gasteiger partial charge on any atom is -0.464 e. The van der Waals surface area contributed by atoms with Crippen LogP contribution in [0.5, 0.6) is 0 Å². The number of carbonyl (C=O) groups is 3. The Labute approximate surface area is 172 Å². The highest BCUT2D eigenvalue weighted by Crippen LogP contribution is 2.22. The number of aromatic nitrogens is 3. The average Bonchev–Trinajstić information content (AvgIpc) is 3.11. The number of rotatable bonds is 4. The maximum absolute atomic E-state index is 12.6. The average molecular weight is 410 g/mol. The van der Waals surface area contributed by atoms with Gasteiger partial charge in [0.2, 0.25) is 0 Å². The van der Waals surface area contributed by atoms with E-state index in [1.165, 1.54) is 25.5 Å². The fraction of sp³-hybridized carbons (Fsp3) is 0.286. The van der Waals surface area contributed by atoms with Gasteiger partial charge in [0.15, 0.2) is 0 Å². The zero-order valence-electron chi connectivity index (χ0n) is 17.1. The van der Waals surface area contributed by atoms with Crippen LogP contribution in [0.25, 0.3) is 10.9 Å². The lowest BCUT2D eigenvalue weighted by atomic mass is 10.1. The van der Waals surface area contributed by atoms with Crippen molar-refractivity contribution in [2.75, 3.05) is 7.05 Å². The molecule has 30 heavy (non-hydrogen) atoms. The van der Waals surface area contributed by atoms with Crippen LogP contribution in [0.15, 0.2) is 36.8 Å². The van der Waals surface area contributed by atoms with Crippen molar-refractivity contribution in [3.05, 3.63) is 59.3 Å². The van der Waals surface area contributed by atoms with Crippen LogP contribution in [0.1, 0.15) is 52.9 Å². The number of nitrogens with zero attached hydrogens (tertiary/aromatic N) is 3. The Hall–Kier alpha value is -3.75. The van der Waals surface area contributed by atoms with Gasteiger partial charge >= 0.3 is 12.1 Å². The molecule has 0 radical (unpaired) electrons. The second-order valence-corrected chi connectivity index (χ2v) is 7.69. The van der Waals surface area contributed by atoms with Crippen molar-refractivity contribution in [2.45, 2.75) is 32.8 Å². The molecular formula is C21H22N4O5. The summed E-state index contributed by atoms with van der Waals surface area (Å²) in [4.78, 5) is 44.6. The minimum atomic E-state index is -1.11. The third kappa shape index (κ3) is 4.45. The molecule has 2 N–H and O–H groups in total. The number of amides is 1. The summed E-state index contributed by atoms with van der Waals surface area (Å²) in [5.41, 5.74) is 1.20. The van der Waals surface area contributed by atoms with Gasteiger partial charge in [-0.1, -0.05) is 0 Å². The lowest BCUT2D eigenvalue weighted by Crippen LogP contribution is -2.25. The minimum absolute atomic E-state index is 0.0825. The fourth-order valence-electron chi connectivity index (χ4n) is 3.00. The topological polar surface area (TPSA) is 123 Å². The van der Waals surface area contributed by atoms with Crippen molar-refractivity contribution < 1.29 is 24.2 Å². The number of carboxylic acid groups (broad SMARTS) is 1. The van der Waals surface area contributed by atoms with E-state index in [-0.39, 0.29) is 17.7 Å². The molecule has 0 unspecified atom stereocenters. The number of ether oxygens (including phenoxy) is 1. The van der Waals surface area contributed by atoms with Gasteiger partial charge in [-0.25, -0.2) is 14.6 Å². The Bertz CT molecular complexity index is 1140. The van der Waals surface area contributed by atoms with E-state index in [2.05, 4.69) is 15.3 Å². The Morgan fingerprint density at radius 2 is 1.93 bits per heavy atom. The normalized spacial score (nSPS) is 11.3. The maximum atomic E-state index is 12.6. The summed E-state index contributed by atoms with van der Waals surface area (Å²) >= 11 is 0. The first kappa shape index (κ1) is 21.0. The van der Waals surface area contributed by atoms with Crippen molar-refractivity contribution in [2.24, 2.45) is 0 Å². The summed E-state index contributed by atoms with van der Waals surface area (Å²) in [5, 5.41) is 12.5. The summed E-state index contributed by atoms with van der Waals surface area (Å²) in [6.07, 6.45) is 3.65. The summed E-state index contributed by atoms with van der Waals surface area (Å²) in [7, 11) is 1.48. The Balaban J connectivity index is 2.04. The number of esters is 1. The third-order valence-corrected chi connectivity index (χ3v) is 4.25. The van der Waals surface area contributed by atoms with Crippen LogP contribution >= 0.6 is 0 Å². The molecule has 9 nitrogen and oxygen atoms in total. The summed E-state index contributed by atoms with van der Waals surface area (Å²) in [6, 6.07) is 4.63. The van der Waals surface area contributed by atoms with Gasteiger partial charge in [-0.05, 0) is 44.5 Å². The molecule has 9 heteroatoms. The maximum Gasteiger partial charge on any atom is 0.416 e. The molecule has 3 rings (SSSR count). The number of carbonyl (C=O) groups excluding carboxylic acids is 2. The molecule has 0 saturated carbocycles. The summed E-state index contributed by atoms with van der Waals surface area (Å²) < 4.78 is 6.49. The smallest absolute Gasteiger partial charge is 0.416 e. The van der Waals surface area contributed by atoms with Crippen LogP contribution in [0.2, 0.25) is 0 Å². The first-order valence-corrected chi connectivity index (χ1v) is 9.22. The number of pyridine rings is 2. The number of fused-ring (bicyclic) bond motifs is 1. The quantitative estimate of drug-likeness (QED) is 0.634. The van der Waals surface area contributed by atoms with Gasteiger partial charge in [-0.3, -0.25) is 14.3 Å². The molecule has 0 aliphatic heterocycles. The van der Waals surface area contributed by atoms with Gasteiger partial charge in [-0.15, -0.1) is 0 Å². The van der Waals surface area contributed by atoms with Crippen LogP contribution in [-0.4, -0.2) is 50.3 Å². The number of hydrogen-bond acceptors (Lipinski definition) is 6. The number of nitrogens with one attached hydrogen (secondary N) is 1. The van der Waals surface area contributed by atoms with Crippen molar-refractivity contribution in [3.63, 3.8) is 0 Å². The Morgan fingerprint density at radius 1 is 1.20 bits per heavy atom. The summed E-state index contributed by atoms with van der Waals surface area (Å²) in [5.74, 6) is -1.00. The molecule has 0 aromatic carbocycles. The van der Waals surface area contributed by atoms with E-state index in [0.717, 1.165) is 4.57 Å². The van der Waals surface area contributed by atoms with Crippen LogP contribution in [-0.2, 0) is 11.2 Å². The first-order chi connectivity index (χ1) is 14.1. The molecule has 0 fully saturated rings. The highest BCUT2D eigenvalue weighted by molar-refractivity contribution is 5.96. The zero-order chi connectivity index (χ0) is 22.1. The predicted molar refractivity (Wildman–Crippen MR) is 109 cm³/mol. The lowest BCUT2D eigenvalue weighted by Gasteiger charge is -2.20. The predicted octanol–water partition coefficient (Wildman–Crippen LogP) is 2.86. The van der Waals surface area contributed by atoms with E-state index < -0.39 is 23.6 Å². The summed E-state index contributed by atoms with van der Waals surface area (Å²) in [6.45, 7) is 5.27. The largest absolute Gasteiger partial charge is 0.464 e. The second-order valence-electron chi connectivity index (χ2n) is 7.69. The van der Waals surface area contributed by atoms with E-state index in [1.54, 1.807) is 39.1 Å².